The fourth-order valence-electron chi connectivity index (χ4n) is 1.84. The van der Waals surface area contributed by atoms with Crippen LogP contribution in [-0.4, -0.2) is 31.1 Å². The molecule has 0 rings (SSSR count). The lowest BCUT2D eigenvalue weighted by Crippen LogP contribution is -2.31. The smallest absolute Gasteiger partial charge is 0.0105 e. The third-order valence-electron chi connectivity index (χ3n) is 2.85. The van der Waals surface area contributed by atoms with Crippen LogP contribution in [-0.2, 0) is 0 Å². The molecule has 0 saturated heterocycles. The maximum absolute atomic E-state index is 5.61. The Kier molecular flexibility index (Phi) is 11.9. The van der Waals surface area contributed by atoms with Gasteiger partial charge in [-0.25, -0.2) is 0 Å². The highest BCUT2D eigenvalue weighted by molar-refractivity contribution is 4.58. The Bertz CT molecular complexity index is 115. The molecule has 0 heterocycles. The summed E-state index contributed by atoms with van der Waals surface area (Å²) < 4.78 is 0. The standard InChI is InChI=1S/C13H30N2/c1-3-5-7-8-9-12-15(13-10-14)11-6-4-2/h3-14H2,1-2H3. The zero-order valence-corrected chi connectivity index (χ0v) is 10.8. The third kappa shape index (κ3) is 10.2. The average molecular weight is 214 g/mol. The number of rotatable bonds is 11. The Balaban J connectivity index is 3.38. The summed E-state index contributed by atoms with van der Waals surface area (Å²) in [6.07, 6.45) is 9.48. The summed E-state index contributed by atoms with van der Waals surface area (Å²) in [7, 11) is 0. The molecule has 2 N–H and O–H groups in total. The van der Waals surface area contributed by atoms with Crippen molar-refractivity contribution in [2.75, 3.05) is 26.2 Å². The van der Waals surface area contributed by atoms with Crippen LogP contribution in [0.2, 0.25) is 0 Å². The number of hydrogen-bond donors (Lipinski definition) is 1. The molecule has 0 radical (unpaired) electrons. The Morgan fingerprint density at radius 2 is 1.33 bits per heavy atom. The lowest BCUT2D eigenvalue weighted by atomic mass is 10.1. The van der Waals surface area contributed by atoms with Crippen LogP contribution >= 0.6 is 0 Å². The maximum Gasteiger partial charge on any atom is 0.0105 e. The highest BCUT2D eigenvalue weighted by Gasteiger charge is 2.02. The lowest BCUT2D eigenvalue weighted by molar-refractivity contribution is 0.270. The summed E-state index contributed by atoms with van der Waals surface area (Å²) in [5.41, 5.74) is 5.61. The molecule has 15 heavy (non-hydrogen) atoms. The Labute approximate surface area is 96.2 Å². The molecule has 0 aromatic carbocycles. The molecule has 0 aliphatic carbocycles. The molecule has 2 heteroatoms. The Hall–Kier alpha value is -0.0800. The van der Waals surface area contributed by atoms with Crippen LogP contribution in [0.5, 0.6) is 0 Å². The normalized spacial score (nSPS) is 11.2. The largest absolute Gasteiger partial charge is 0.329 e. The molecular weight excluding hydrogens is 184 g/mol. The van der Waals surface area contributed by atoms with Gasteiger partial charge in [-0.1, -0.05) is 46.0 Å². The van der Waals surface area contributed by atoms with Gasteiger partial charge < -0.3 is 10.6 Å². The van der Waals surface area contributed by atoms with Crippen molar-refractivity contribution in [2.24, 2.45) is 5.73 Å². The summed E-state index contributed by atoms with van der Waals surface area (Å²) in [6.45, 7) is 8.89. The highest BCUT2D eigenvalue weighted by atomic mass is 15.1. The minimum absolute atomic E-state index is 0.804. The average Bonchev–Trinajstić information content (AvgIpc) is 2.25. The van der Waals surface area contributed by atoms with E-state index in [4.69, 9.17) is 5.73 Å². The van der Waals surface area contributed by atoms with Gasteiger partial charge in [-0.2, -0.15) is 0 Å². The van der Waals surface area contributed by atoms with E-state index in [9.17, 15) is 0 Å². The van der Waals surface area contributed by atoms with Gasteiger partial charge in [0.15, 0.2) is 0 Å². The SMILES string of the molecule is CCCCCCCN(CCN)CCCC. The zero-order chi connectivity index (χ0) is 11.4. The second kappa shape index (κ2) is 12.0. The second-order valence-electron chi connectivity index (χ2n) is 4.40. The number of nitrogens with zero attached hydrogens (tertiary/aromatic N) is 1. The number of unbranched alkanes of at least 4 members (excludes halogenated alkanes) is 5. The van der Waals surface area contributed by atoms with Gasteiger partial charge in [0, 0.05) is 13.1 Å². The van der Waals surface area contributed by atoms with Gasteiger partial charge in [0.25, 0.3) is 0 Å². The van der Waals surface area contributed by atoms with Gasteiger partial charge >= 0.3 is 0 Å². The Morgan fingerprint density at radius 1 is 0.733 bits per heavy atom. The topological polar surface area (TPSA) is 29.3 Å². The summed E-state index contributed by atoms with van der Waals surface area (Å²) in [4.78, 5) is 2.52. The molecule has 0 fully saturated rings. The predicted molar refractivity (Wildman–Crippen MR) is 69.2 cm³/mol. The third-order valence-corrected chi connectivity index (χ3v) is 2.85. The zero-order valence-electron chi connectivity index (χ0n) is 10.8. The van der Waals surface area contributed by atoms with Crippen LogP contribution in [0.25, 0.3) is 0 Å². The molecule has 0 aromatic rings. The molecule has 0 aliphatic rings. The van der Waals surface area contributed by atoms with E-state index in [0.29, 0.717) is 0 Å². The first-order valence-electron chi connectivity index (χ1n) is 6.77. The molecule has 0 bridgehead atoms. The van der Waals surface area contributed by atoms with E-state index in [2.05, 4.69) is 18.7 Å². The summed E-state index contributed by atoms with van der Waals surface area (Å²) >= 11 is 0. The first-order valence-corrected chi connectivity index (χ1v) is 6.77. The Morgan fingerprint density at radius 3 is 1.93 bits per heavy atom. The van der Waals surface area contributed by atoms with Crippen molar-refractivity contribution in [1.29, 1.82) is 0 Å². The van der Waals surface area contributed by atoms with Crippen LogP contribution in [0.4, 0.5) is 0 Å². The fraction of sp³-hybridized carbons (Fsp3) is 1.00. The van der Waals surface area contributed by atoms with Crippen molar-refractivity contribution in [3.63, 3.8) is 0 Å². The van der Waals surface area contributed by atoms with E-state index in [1.165, 1.54) is 58.0 Å². The maximum atomic E-state index is 5.61. The molecular formula is C13H30N2. The number of hydrogen-bond acceptors (Lipinski definition) is 2. The van der Waals surface area contributed by atoms with Gasteiger partial charge in [0.05, 0.1) is 0 Å². The molecule has 0 atom stereocenters. The first kappa shape index (κ1) is 14.9. The molecule has 0 amide bonds. The van der Waals surface area contributed by atoms with E-state index < -0.39 is 0 Å². The van der Waals surface area contributed by atoms with Crippen molar-refractivity contribution >= 4 is 0 Å². The minimum atomic E-state index is 0.804. The summed E-state index contributed by atoms with van der Waals surface area (Å²) in [5, 5.41) is 0. The van der Waals surface area contributed by atoms with Gasteiger partial charge in [-0.3, -0.25) is 0 Å². The highest BCUT2D eigenvalue weighted by Crippen LogP contribution is 2.04. The molecule has 92 valence electrons. The van der Waals surface area contributed by atoms with Gasteiger partial charge in [0.2, 0.25) is 0 Å². The minimum Gasteiger partial charge on any atom is -0.329 e. The van der Waals surface area contributed by atoms with Gasteiger partial charge in [-0.15, -0.1) is 0 Å². The predicted octanol–water partition coefficient (Wildman–Crippen LogP) is 3.02. The molecule has 2 nitrogen and oxygen atoms in total. The van der Waals surface area contributed by atoms with Crippen LogP contribution in [0, 0.1) is 0 Å². The van der Waals surface area contributed by atoms with E-state index in [1.807, 2.05) is 0 Å². The second-order valence-corrected chi connectivity index (χ2v) is 4.40. The van der Waals surface area contributed by atoms with Crippen molar-refractivity contribution < 1.29 is 0 Å². The van der Waals surface area contributed by atoms with Crippen LogP contribution < -0.4 is 5.73 Å². The van der Waals surface area contributed by atoms with Crippen LogP contribution in [0.15, 0.2) is 0 Å². The molecule has 0 saturated carbocycles. The molecule has 0 aromatic heterocycles. The van der Waals surface area contributed by atoms with Crippen molar-refractivity contribution in [3.8, 4) is 0 Å². The van der Waals surface area contributed by atoms with Gasteiger partial charge in [0.1, 0.15) is 0 Å². The monoisotopic (exact) mass is 214 g/mol. The van der Waals surface area contributed by atoms with E-state index in [1.54, 1.807) is 0 Å². The molecule has 0 aliphatic heterocycles. The van der Waals surface area contributed by atoms with Crippen LogP contribution in [0.1, 0.15) is 58.8 Å². The first-order chi connectivity index (χ1) is 7.35. The van der Waals surface area contributed by atoms with Crippen molar-refractivity contribution in [1.82, 2.24) is 4.90 Å². The fourth-order valence-corrected chi connectivity index (χ4v) is 1.84. The summed E-state index contributed by atoms with van der Waals surface area (Å²) in [6, 6.07) is 0. The lowest BCUT2D eigenvalue weighted by Gasteiger charge is -2.21. The quantitative estimate of drug-likeness (QED) is 0.536. The van der Waals surface area contributed by atoms with Crippen LogP contribution in [0.3, 0.4) is 0 Å². The molecule has 0 unspecified atom stereocenters. The van der Waals surface area contributed by atoms with Crippen molar-refractivity contribution in [2.45, 2.75) is 58.8 Å². The van der Waals surface area contributed by atoms with Gasteiger partial charge in [-0.05, 0) is 25.9 Å². The van der Waals surface area contributed by atoms with E-state index >= 15 is 0 Å². The van der Waals surface area contributed by atoms with Crippen molar-refractivity contribution in [3.05, 3.63) is 0 Å². The number of nitrogens with two attached hydrogens (primary N) is 1. The van der Waals surface area contributed by atoms with E-state index in [0.717, 1.165) is 13.1 Å². The molecule has 0 spiro atoms. The summed E-state index contributed by atoms with van der Waals surface area (Å²) in [5.74, 6) is 0. The van der Waals surface area contributed by atoms with E-state index in [-0.39, 0.29) is 0 Å².